The second-order valence-corrected chi connectivity index (χ2v) is 6.31. The van der Waals surface area contributed by atoms with Crippen LogP contribution in [-0.2, 0) is 0 Å². The van der Waals surface area contributed by atoms with Gasteiger partial charge in [0.1, 0.15) is 0 Å². The highest BCUT2D eigenvalue weighted by molar-refractivity contribution is 9.10. The summed E-state index contributed by atoms with van der Waals surface area (Å²) in [6.07, 6.45) is 5.76. The first-order valence-electron chi connectivity index (χ1n) is 7.26. The maximum absolute atomic E-state index is 12.2. The highest BCUT2D eigenvalue weighted by Crippen LogP contribution is 2.23. The lowest BCUT2D eigenvalue weighted by atomic mass is 9.95. The third kappa shape index (κ3) is 3.53. The Kier molecular flexibility index (Phi) is 4.39. The molecule has 21 heavy (non-hydrogen) atoms. The first-order chi connectivity index (χ1) is 10.2. The van der Waals surface area contributed by atoms with Crippen LogP contribution < -0.4 is 5.32 Å². The molecule has 0 unspecified atom stereocenters. The molecule has 4 nitrogen and oxygen atoms in total. The smallest absolute Gasteiger partial charge is 0.273 e. The van der Waals surface area contributed by atoms with E-state index >= 15 is 0 Å². The standard InChI is InChI=1S/C16H17BrN2O2/c17-12-8-6-11(7-9-12)15-10-14(19-21-15)16(20)18-13-4-2-1-3-5-13/h6-10,13H,1-5H2,(H,18,20). The summed E-state index contributed by atoms with van der Waals surface area (Å²) in [5.41, 5.74) is 1.25. The molecular weight excluding hydrogens is 332 g/mol. The molecule has 2 aromatic rings. The monoisotopic (exact) mass is 348 g/mol. The molecule has 5 heteroatoms. The van der Waals surface area contributed by atoms with Crippen molar-refractivity contribution in [2.75, 3.05) is 0 Å². The first kappa shape index (κ1) is 14.3. The number of carbonyl (C=O) groups excluding carboxylic acids is 1. The molecule has 1 N–H and O–H groups in total. The number of nitrogens with zero attached hydrogens (tertiary/aromatic N) is 1. The fraction of sp³-hybridized carbons (Fsp3) is 0.375. The molecule has 1 aromatic heterocycles. The number of carbonyl (C=O) groups is 1. The van der Waals surface area contributed by atoms with Gasteiger partial charge in [-0.3, -0.25) is 4.79 Å². The van der Waals surface area contributed by atoms with Crippen molar-refractivity contribution in [1.82, 2.24) is 10.5 Å². The van der Waals surface area contributed by atoms with Crippen molar-refractivity contribution in [2.45, 2.75) is 38.1 Å². The molecular formula is C16H17BrN2O2. The molecule has 1 fully saturated rings. The Morgan fingerprint density at radius 2 is 1.90 bits per heavy atom. The third-order valence-corrected chi connectivity index (χ3v) is 4.34. The minimum Gasteiger partial charge on any atom is -0.355 e. The van der Waals surface area contributed by atoms with E-state index in [9.17, 15) is 4.79 Å². The van der Waals surface area contributed by atoms with Gasteiger partial charge in [-0.05, 0) is 25.0 Å². The van der Waals surface area contributed by atoms with Crippen molar-refractivity contribution in [1.29, 1.82) is 0 Å². The van der Waals surface area contributed by atoms with Crippen LogP contribution in [0.25, 0.3) is 11.3 Å². The van der Waals surface area contributed by atoms with Crippen molar-refractivity contribution in [3.05, 3.63) is 40.5 Å². The largest absolute Gasteiger partial charge is 0.355 e. The molecule has 110 valence electrons. The van der Waals surface area contributed by atoms with Crippen LogP contribution in [0.5, 0.6) is 0 Å². The predicted octanol–water partition coefficient (Wildman–Crippen LogP) is 4.17. The maximum Gasteiger partial charge on any atom is 0.273 e. The number of amides is 1. The summed E-state index contributed by atoms with van der Waals surface area (Å²) in [7, 11) is 0. The SMILES string of the molecule is O=C(NC1CCCCC1)c1cc(-c2ccc(Br)cc2)on1. The molecule has 1 heterocycles. The van der Waals surface area contributed by atoms with Gasteiger partial charge in [-0.1, -0.05) is 52.5 Å². The molecule has 1 amide bonds. The van der Waals surface area contributed by atoms with Crippen molar-refractivity contribution in [3.8, 4) is 11.3 Å². The first-order valence-corrected chi connectivity index (χ1v) is 8.05. The van der Waals surface area contributed by atoms with E-state index in [0.29, 0.717) is 11.5 Å². The van der Waals surface area contributed by atoms with Crippen molar-refractivity contribution < 1.29 is 9.32 Å². The number of benzene rings is 1. The number of hydrogen-bond donors (Lipinski definition) is 1. The van der Waals surface area contributed by atoms with E-state index in [-0.39, 0.29) is 11.9 Å². The second kappa shape index (κ2) is 6.43. The summed E-state index contributed by atoms with van der Waals surface area (Å²) in [4.78, 5) is 12.2. The summed E-state index contributed by atoms with van der Waals surface area (Å²) in [6, 6.07) is 9.68. The molecule has 0 radical (unpaired) electrons. The summed E-state index contributed by atoms with van der Waals surface area (Å²) in [5, 5.41) is 6.92. The van der Waals surface area contributed by atoms with E-state index in [1.165, 1.54) is 19.3 Å². The van der Waals surface area contributed by atoms with Gasteiger partial charge in [-0.2, -0.15) is 0 Å². The lowest BCUT2D eigenvalue weighted by molar-refractivity contribution is 0.0918. The Bertz CT molecular complexity index is 615. The number of halogens is 1. The second-order valence-electron chi connectivity index (χ2n) is 5.39. The van der Waals surface area contributed by atoms with Gasteiger partial charge < -0.3 is 9.84 Å². The summed E-state index contributed by atoms with van der Waals surface area (Å²) >= 11 is 3.39. The fourth-order valence-corrected chi connectivity index (χ4v) is 2.90. The average molecular weight is 349 g/mol. The molecule has 1 saturated carbocycles. The van der Waals surface area contributed by atoms with Gasteiger partial charge in [0.15, 0.2) is 11.5 Å². The molecule has 1 aromatic carbocycles. The zero-order chi connectivity index (χ0) is 14.7. The molecule has 0 atom stereocenters. The van der Waals surface area contributed by atoms with Gasteiger partial charge >= 0.3 is 0 Å². The summed E-state index contributed by atoms with van der Waals surface area (Å²) < 4.78 is 6.28. The molecule has 1 aliphatic carbocycles. The Hall–Kier alpha value is -1.62. The molecule has 0 aliphatic heterocycles. The maximum atomic E-state index is 12.2. The Balaban J connectivity index is 1.69. The van der Waals surface area contributed by atoms with Crippen molar-refractivity contribution >= 4 is 21.8 Å². The van der Waals surface area contributed by atoms with Gasteiger partial charge in [-0.15, -0.1) is 0 Å². The highest BCUT2D eigenvalue weighted by atomic mass is 79.9. The quantitative estimate of drug-likeness (QED) is 0.905. The van der Waals surface area contributed by atoms with Crippen molar-refractivity contribution in [3.63, 3.8) is 0 Å². The van der Waals surface area contributed by atoms with Gasteiger partial charge in [0, 0.05) is 22.1 Å². The highest BCUT2D eigenvalue weighted by Gasteiger charge is 2.19. The van der Waals surface area contributed by atoms with E-state index in [1.54, 1.807) is 6.07 Å². The van der Waals surface area contributed by atoms with E-state index in [1.807, 2.05) is 24.3 Å². The minimum atomic E-state index is -0.144. The van der Waals surface area contributed by atoms with Crippen LogP contribution in [0.4, 0.5) is 0 Å². The number of nitrogens with one attached hydrogen (secondary N) is 1. The Morgan fingerprint density at radius 1 is 1.19 bits per heavy atom. The van der Waals surface area contributed by atoms with Crippen LogP contribution in [0.15, 0.2) is 39.3 Å². The predicted molar refractivity (Wildman–Crippen MR) is 84.0 cm³/mol. The Morgan fingerprint density at radius 3 is 2.62 bits per heavy atom. The summed E-state index contributed by atoms with van der Waals surface area (Å²) in [5.74, 6) is 0.463. The van der Waals surface area contributed by atoms with Crippen LogP contribution in [0.3, 0.4) is 0 Å². The van der Waals surface area contributed by atoms with E-state index < -0.39 is 0 Å². The number of hydrogen-bond acceptors (Lipinski definition) is 3. The molecule has 3 rings (SSSR count). The topological polar surface area (TPSA) is 55.1 Å². The minimum absolute atomic E-state index is 0.144. The van der Waals surface area contributed by atoms with Crippen LogP contribution in [0.2, 0.25) is 0 Å². The zero-order valence-electron chi connectivity index (χ0n) is 11.6. The molecule has 0 spiro atoms. The third-order valence-electron chi connectivity index (χ3n) is 3.81. The van der Waals surface area contributed by atoms with Crippen LogP contribution in [0, 0.1) is 0 Å². The van der Waals surface area contributed by atoms with Crippen molar-refractivity contribution in [2.24, 2.45) is 0 Å². The molecule has 0 bridgehead atoms. The van der Waals surface area contributed by atoms with E-state index in [4.69, 9.17) is 4.52 Å². The van der Waals surface area contributed by atoms with Gasteiger partial charge in [0.25, 0.3) is 5.91 Å². The van der Waals surface area contributed by atoms with E-state index in [0.717, 1.165) is 22.9 Å². The lowest BCUT2D eigenvalue weighted by Gasteiger charge is -2.22. The number of aromatic nitrogens is 1. The van der Waals surface area contributed by atoms with Gasteiger partial charge in [0.2, 0.25) is 0 Å². The summed E-state index contributed by atoms with van der Waals surface area (Å²) in [6.45, 7) is 0. The fourth-order valence-electron chi connectivity index (χ4n) is 2.64. The average Bonchev–Trinajstić information content (AvgIpc) is 2.99. The van der Waals surface area contributed by atoms with Gasteiger partial charge in [0.05, 0.1) is 0 Å². The van der Waals surface area contributed by atoms with Gasteiger partial charge in [-0.25, -0.2) is 0 Å². The lowest BCUT2D eigenvalue weighted by Crippen LogP contribution is -2.36. The van der Waals surface area contributed by atoms with Crippen LogP contribution >= 0.6 is 15.9 Å². The van der Waals surface area contributed by atoms with Crippen LogP contribution in [-0.4, -0.2) is 17.1 Å². The zero-order valence-corrected chi connectivity index (χ0v) is 13.2. The molecule has 1 aliphatic rings. The Labute approximate surface area is 132 Å². The normalized spacial score (nSPS) is 15.9. The molecule has 0 saturated heterocycles. The number of rotatable bonds is 3. The van der Waals surface area contributed by atoms with Crippen LogP contribution in [0.1, 0.15) is 42.6 Å². The van der Waals surface area contributed by atoms with E-state index in [2.05, 4.69) is 26.4 Å².